The standard InChI is InChI=1S/C32H57NO10/c34-27(18-17-23-42-24-25-43-26-31(38)39)21-22-28(32(40)41)33-29(35)19-15-13-11-9-7-5-3-1-2-4-6-8-10-12-14-16-20-30(36)37/h28H,1-26H2,(H,33,35)(H,36,37)(H,38,39)(H,40,41)/t28-/m0/s1. The minimum atomic E-state index is -1.14. The number of aliphatic carboxylic acids is 3. The van der Waals surface area contributed by atoms with Crippen molar-refractivity contribution in [3.8, 4) is 0 Å². The first kappa shape index (κ1) is 40.5. The summed E-state index contributed by atoms with van der Waals surface area (Å²) in [5, 5.41) is 29.0. The number of Topliss-reactive ketones (excluding diaryl/α,β-unsaturated/α-hetero) is 1. The van der Waals surface area contributed by atoms with E-state index in [-0.39, 0.29) is 63.6 Å². The van der Waals surface area contributed by atoms with E-state index in [9.17, 15) is 29.1 Å². The second-order valence-electron chi connectivity index (χ2n) is 11.2. The fraction of sp³-hybridized carbons (Fsp3) is 0.844. The summed E-state index contributed by atoms with van der Waals surface area (Å²) < 4.78 is 10.1. The summed E-state index contributed by atoms with van der Waals surface area (Å²) in [6.45, 7) is 0.333. The molecular weight excluding hydrogens is 558 g/mol. The van der Waals surface area contributed by atoms with Gasteiger partial charge in [0.1, 0.15) is 18.4 Å². The Hall–Kier alpha value is -2.53. The highest BCUT2D eigenvalue weighted by atomic mass is 16.5. The highest BCUT2D eigenvalue weighted by molar-refractivity contribution is 5.84. The van der Waals surface area contributed by atoms with Crippen molar-refractivity contribution in [3.05, 3.63) is 0 Å². The highest BCUT2D eigenvalue weighted by Crippen LogP contribution is 2.14. The van der Waals surface area contributed by atoms with Crippen LogP contribution in [-0.4, -0.2) is 77.4 Å². The van der Waals surface area contributed by atoms with Crippen molar-refractivity contribution in [1.82, 2.24) is 5.32 Å². The lowest BCUT2D eigenvalue weighted by molar-refractivity contribution is -0.143. The summed E-state index contributed by atoms with van der Waals surface area (Å²) in [4.78, 5) is 56.6. The van der Waals surface area contributed by atoms with Gasteiger partial charge in [0.05, 0.1) is 13.2 Å². The van der Waals surface area contributed by atoms with Gasteiger partial charge in [0, 0.05) is 32.3 Å². The van der Waals surface area contributed by atoms with Crippen molar-refractivity contribution in [2.45, 2.75) is 147 Å². The minimum absolute atomic E-state index is 0.0555. The molecule has 0 unspecified atom stereocenters. The molecule has 0 aliphatic rings. The lowest BCUT2D eigenvalue weighted by Gasteiger charge is -2.14. The summed E-state index contributed by atoms with van der Waals surface area (Å²) in [6.07, 6.45) is 19.5. The summed E-state index contributed by atoms with van der Waals surface area (Å²) in [5.41, 5.74) is 0. The Morgan fingerprint density at radius 3 is 1.42 bits per heavy atom. The van der Waals surface area contributed by atoms with Gasteiger partial charge in [-0.15, -0.1) is 0 Å². The maximum Gasteiger partial charge on any atom is 0.329 e. The number of hydrogen-bond acceptors (Lipinski definition) is 7. The first-order chi connectivity index (χ1) is 20.7. The number of carbonyl (C=O) groups excluding carboxylic acids is 2. The molecule has 0 aliphatic heterocycles. The lowest BCUT2D eigenvalue weighted by Crippen LogP contribution is -2.41. The number of ether oxygens (including phenoxy) is 2. The van der Waals surface area contributed by atoms with Gasteiger partial charge in [-0.25, -0.2) is 9.59 Å². The molecule has 0 aromatic heterocycles. The Morgan fingerprint density at radius 2 is 0.953 bits per heavy atom. The molecule has 0 heterocycles. The Kier molecular flexibility index (Phi) is 27.8. The van der Waals surface area contributed by atoms with E-state index in [1.165, 1.54) is 57.8 Å². The van der Waals surface area contributed by atoms with Crippen LogP contribution in [0.1, 0.15) is 141 Å². The number of amides is 1. The van der Waals surface area contributed by atoms with Crippen molar-refractivity contribution in [2.24, 2.45) is 0 Å². The van der Waals surface area contributed by atoms with Gasteiger partial charge in [0.25, 0.3) is 0 Å². The van der Waals surface area contributed by atoms with E-state index in [0.717, 1.165) is 44.9 Å². The molecular formula is C32H57NO10. The van der Waals surface area contributed by atoms with Crippen molar-refractivity contribution >= 4 is 29.6 Å². The molecule has 0 aromatic carbocycles. The van der Waals surface area contributed by atoms with Gasteiger partial charge in [-0.2, -0.15) is 0 Å². The van der Waals surface area contributed by atoms with Crippen LogP contribution >= 0.6 is 0 Å². The van der Waals surface area contributed by atoms with Gasteiger partial charge < -0.3 is 30.1 Å². The quantitative estimate of drug-likeness (QED) is 0.0649. The number of rotatable bonds is 33. The first-order valence-electron chi connectivity index (χ1n) is 16.3. The Morgan fingerprint density at radius 1 is 0.488 bits per heavy atom. The van der Waals surface area contributed by atoms with E-state index in [4.69, 9.17) is 19.7 Å². The summed E-state index contributed by atoms with van der Waals surface area (Å²) >= 11 is 0. The van der Waals surface area contributed by atoms with Crippen molar-refractivity contribution in [2.75, 3.05) is 26.4 Å². The third-order valence-electron chi connectivity index (χ3n) is 7.23. The molecule has 0 aromatic rings. The molecule has 43 heavy (non-hydrogen) atoms. The number of unbranched alkanes of at least 4 members (excludes halogenated alkanes) is 15. The van der Waals surface area contributed by atoms with Crippen molar-refractivity contribution in [1.29, 1.82) is 0 Å². The molecule has 0 spiro atoms. The van der Waals surface area contributed by atoms with Gasteiger partial charge in [-0.05, 0) is 25.7 Å². The Bertz CT molecular complexity index is 758. The van der Waals surface area contributed by atoms with Gasteiger partial charge in [0.2, 0.25) is 5.91 Å². The van der Waals surface area contributed by atoms with Crippen LogP contribution in [0.5, 0.6) is 0 Å². The average molecular weight is 616 g/mol. The summed E-state index contributed by atoms with van der Waals surface area (Å²) in [7, 11) is 0. The molecule has 1 atom stereocenters. The van der Waals surface area contributed by atoms with E-state index in [2.05, 4.69) is 5.32 Å². The third kappa shape index (κ3) is 30.7. The maximum atomic E-state index is 12.2. The van der Waals surface area contributed by atoms with Crippen molar-refractivity contribution in [3.63, 3.8) is 0 Å². The van der Waals surface area contributed by atoms with Crippen LogP contribution in [0.25, 0.3) is 0 Å². The van der Waals surface area contributed by atoms with E-state index in [0.29, 0.717) is 13.0 Å². The summed E-state index contributed by atoms with van der Waals surface area (Å²) in [5.74, 6) is -3.28. The zero-order valence-electron chi connectivity index (χ0n) is 26.2. The fourth-order valence-electron chi connectivity index (χ4n) is 4.74. The Balaban J connectivity index is 3.61. The molecule has 250 valence electrons. The first-order valence-corrected chi connectivity index (χ1v) is 16.3. The van der Waals surface area contributed by atoms with Crippen LogP contribution in [0.15, 0.2) is 0 Å². The highest BCUT2D eigenvalue weighted by Gasteiger charge is 2.20. The zero-order valence-corrected chi connectivity index (χ0v) is 26.2. The van der Waals surface area contributed by atoms with Crippen LogP contribution in [0.3, 0.4) is 0 Å². The molecule has 0 aliphatic carbocycles. The smallest absolute Gasteiger partial charge is 0.329 e. The maximum absolute atomic E-state index is 12.2. The monoisotopic (exact) mass is 615 g/mol. The van der Waals surface area contributed by atoms with Crippen LogP contribution in [0.2, 0.25) is 0 Å². The van der Waals surface area contributed by atoms with Gasteiger partial charge in [-0.1, -0.05) is 89.9 Å². The second-order valence-corrected chi connectivity index (χ2v) is 11.2. The van der Waals surface area contributed by atoms with Crippen LogP contribution in [0, 0.1) is 0 Å². The molecule has 1 amide bonds. The predicted molar refractivity (Wildman–Crippen MR) is 163 cm³/mol. The largest absolute Gasteiger partial charge is 0.481 e. The van der Waals surface area contributed by atoms with Crippen LogP contribution in [-0.2, 0) is 33.4 Å². The zero-order chi connectivity index (χ0) is 32.0. The van der Waals surface area contributed by atoms with Gasteiger partial charge >= 0.3 is 17.9 Å². The molecule has 11 heteroatoms. The Labute approximate surface area is 257 Å². The molecule has 11 nitrogen and oxygen atoms in total. The number of carboxylic acids is 3. The number of nitrogens with one attached hydrogen (secondary N) is 1. The van der Waals surface area contributed by atoms with Gasteiger partial charge in [-0.3, -0.25) is 14.4 Å². The van der Waals surface area contributed by atoms with Crippen LogP contribution in [0.4, 0.5) is 0 Å². The number of carboxylic acid groups (broad SMARTS) is 3. The molecule has 4 N–H and O–H groups in total. The molecule has 0 saturated heterocycles. The van der Waals surface area contributed by atoms with Crippen LogP contribution < -0.4 is 5.32 Å². The molecule has 0 rings (SSSR count). The number of carbonyl (C=O) groups is 5. The third-order valence-corrected chi connectivity index (χ3v) is 7.23. The molecule has 0 fully saturated rings. The molecule has 0 saturated carbocycles. The molecule has 0 radical (unpaired) electrons. The summed E-state index contributed by atoms with van der Waals surface area (Å²) in [6, 6.07) is -1.07. The average Bonchev–Trinajstić information content (AvgIpc) is 2.95. The molecule has 0 bridgehead atoms. The SMILES string of the molecule is O=C(O)CCCCCCCCCCCCCCCCCCC(=O)N[C@@H](CCC(=O)CCCOCCOCC(=O)O)C(=O)O. The van der Waals surface area contributed by atoms with E-state index in [1.54, 1.807) is 0 Å². The fourth-order valence-corrected chi connectivity index (χ4v) is 4.74. The lowest BCUT2D eigenvalue weighted by atomic mass is 10.0. The second kappa shape index (κ2) is 29.5. The van der Waals surface area contributed by atoms with E-state index >= 15 is 0 Å². The predicted octanol–water partition coefficient (Wildman–Crippen LogP) is 5.91. The van der Waals surface area contributed by atoms with Crippen molar-refractivity contribution < 1.29 is 48.8 Å². The van der Waals surface area contributed by atoms with E-state index in [1.807, 2.05) is 0 Å². The number of ketones is 1. The minimum Gasteiger partial charge on any atom is -0.481 e. The van der Waals surface area contributed by atoms with Gasteiger partial charge in [0.15, 0.2) is 0 Å². The van der Waals surface area contributed by atoms with E-state index < -0.39 is 23.9 Å². The topological polar surface area (TPSA) is 177 Å². The normalized spacial score (nSPS) is 11.7. The number of hydrogen-bond donors (Lipinski definition) is 4.